The van der Waals surface area contributed by atoms with Crippen molar-refractivity contribution >= 4 is 36.5 Å². The standard InChI is InChI=1S/C17H21N5.2ClH/c1-10-5-3-4-6-13(10)12-7-14-16(11(2)9-20-14)15(8-12)21-22-17(18)19;;/h3-6,9,12,20H,7-8H2,1-2H3,(H4,18,19,22);2*1H/b21-15+;;. The predicted molar refractivity (Wildman–Crippen MR) is 105 cm³/mol. The summed E-state index contributed by atoms with van der Waals surface area (Å²) >= 11 is 0. The Bertz CT molecular complexity index is 760. The van der Waals surface area contributed by atoms with Gasteiger partial charge in [0.25, 0.3) is 0 Å². The molecule has 3 rings (SSSR count). The average Bonchev–Trinajstić information content (AvgIpc) is 2.87. The molecule has 5 N–H and O–H groups in total. The summed E-state index contributed by atoms with van der Waals surface area (Å²) in [7, 11) is 0. The number of aryl methyl sites for hydroxylation is 2. The molecule has 0 saturated heterocycles. The van der Waals surface area contributed by atoms with Crippen LogP contribution in [0.4, 0.5) is 0 Å². The van der Waals surface area contributed by atoms with Crippen LogP contribution in [-0.2, 0) is 6.42 Å². The van der Waals surface area contributed by atoms with Crippen molar-refractivity contribution in [1.82, 2.24) is 4.98 Å². The van der Waals surface area contributed by atoms with E-state index in [4.69, 9.17) is 11.5 Å². The molecular formula is C17H23Cl2N5. The minimum atomic E-state index is -0.0137. The molecule has 24 heavy (non-hydrogen) atoms. The van der Waals surface area contributed by atoms with Crippen LogP contribution >= 0.6 is 24.8 Å². The molecule has 1 aliphatic rings. The van der Waals surface area contributed by atoms with Gasteiger partial charge in [-0.15, -0.1) is 29.9 Å². The Balaban J connectivity index is 0.00000144. The number of guanidine groups is 1. The molecule has 1 unspecified atom stereocenters. The second kappa shape index (κ2) is 8.22. The molecule has 2 aromatic rings. The van der Waals surface area contributed by atoms with Crippen molar-refractivity contribution in [2.45, 2.75) is 32.6 Å². The first-order valence-corrected chi connectivity index (χ1v) is 7.44. The number of fused-ring (bicyclic) bond motifs is 1. The van der Waals surface area contributed by atoms with E-state index >= 15 is 0 Å². The Hall–Kier alpha value is -1.98. The zero-order chi connectivity index (χ0) is 15.7. The third-order valence-electron chi connectivity index (χ3n) is 4.25. The summed E-state index contributed by atoms with van der Waals surface area (Å²) < 4.78 is 0. The van der Waals surface area contributed by atoms with E-state index in [2.05, 4.69) is 53.3 Å². The van der Waals surface area contributed by atoms with Gasteiger partial charge in [0.15, 0.2) is 0 Å². The van der Waals surface area contributed by atoms with Gasteiger partial charge < -0.3 is 16.5 Å². The lowest BCUT2D eigenvalue weighted by Crippen LogP contribution is -2.23. The molecule has 1 aromatic carbocycles. The van der Waals surface area contributed by atoms with Crippen molar-refractivity contribution in [3.63, 3.8) is 0 Å². The van der Waals surface area contributed by atoms with E-state index in [9.17, 15) is 0 Å². The van der Waals surface area contributed by atoms with Crippen molar-refractivity contribution in [1.29, 1.82) is 0 Å². The van der Waals surface area contributed by atoms with Crippen LogP contribution in [0, 0.1) is 13.8 Å². The second-order valence-electron chi connectivity index (χ2n) is 5.86. The Labute approximate surface area is 154 Å². The Kier molecular flexibility index (Phi) is 6.87. The Morgan fingerprint density at radius 2 is 1.79 bits per heavy atom. The number of hydrogen-bond donors (Lipinski definition) is 3. The molecular weight excluding hydrogens is 345 g/mol. The number of H-pyrrole nitrogens is 1. The topological polar surface area (TPSA) is 92.5 Å². The molecule has 0 bridgehead atoms. The summed E-state index contributed by atoms with van der Waals surface area (Å²) in [5, 5.41) is 8.16. The first-order chi connectivity index (χ1) is 10.6. The summed E-state index contributed by atoms with van der Waals surface area (Å²) in [5.74, 6) is 0.375. The molecule has 1 aromatic heterocycles. The normalized spacial score (nSPS) is 17.4. The molecule has 0 amide bonds. The lowest BCUT2D eigenvalue weighted by atomic mass is 9.80. The molecule has 7 heteroatoms. The van der Waals surface area contributed by atoms with Crippen molar-refractivity contribution in [3.8, 4) is 0 Å². The van der Waals surface area contributed by atoms with Crippen molar-refractivity contribution in [3.05, 3.63) is 58.4 Å². The van der Waals surface area contributed by atoms with E-state index in [-0.39, 0.29) is 30.8 Å². The number of hydrogen-bond acceptors (Lipinski definition) is 2. The number of benzene rings is 1. The van der Waals surface area contributed by atoms with E-state index in [0.29, 0.717) is 5.92 Å². The molecule has 0 saturated carbocycles. The van der Waals surface area contributed by atoms with Crippen LogP contribution in [0.3, 0.4) is 0 Å². The van der Waals surface area contributed by atoms with E-state index in [1.54, 1.807) is 0 Å². The van der Waals surface area contributed by atoms with Crippen LogP contribution in [0.2, 0.25) is 0 Å². The minimum Gasteiger partial charge on any atom is -0.369 e. The fourth-order valence-electron chi connectivity index (χ4n) is 3.27. The lowest BCUT2D eigenvalue weighted by molar-refractivity contribution is 0.679. The third kappa shape index (κ3) is 3.91. The average molecular weight is 368 g/mol. The predicted octanol–water partition coefficient (Wildman–Crippen LogP) is 3.18. The van der Waals surface area contributed by atoms with Crippen LogP contribution in [0.1, 0.15) is 40.3 Å². The van der Waals surface area contributed by atoms with Gasteiger partial charge in [0, 0.05) is 17.5 Å². The number of halogens is 2. The zero-order valence-corrected chi connectivity index (χ0v) is 15.4. The van der Waals surface area contributed by atoms with Gasteiger partial charge in [-0.2, -0.15) is 5.10 Å². The number of nitrogens with one attached hydrogen (secondary N) is 1. The van der Waals surface area contributed by atoms with Crippen LogP contribution < -0.4 is 11.5 Å². The highest BCUT2D eigenvalue weighted by molar-refractivity contribution is 6.04. The SMILES string of the molecule is Cc1ccccc1C1C/C(=N\N=C(N)N)c2c(C)c[nH]c2C1.Cl.Cl. The van der Waals surface area contributed by atoms with Crippen LogP contribution in [0.25, 0.3) is 0 Å². The van der Waals surface area contributed by atoms with Gasteiger partial charge in [0.1, 0.15) is 0 Å². The second-order valence-corrected chi connectivity index (χ2v) is 5.86. The zero-order valence-electron chi connectivity index (χ0n) is 13.7. The number of rotatable bonds is 2. The largest absolute Gasteiger partial charge is 0.369 e. The maximum absolute atomic E-state index is 5.43. The molecule has 5 nitrogen and oxygen atoms in total. The quantitative estimate of drug-likeness (QED) is 0.432. The number of nitrogens with two attached hydrogens (primary N) is 2. The van der Waals surface area contributed by atoms with Gasteiger partial charge in [-0.3, -0.25) is 0 Å². The Morgan fingerprint density at radius 3 is 2.46 bits per heavy atom. The molecule has 0 aliphatic heterocycles. The van der Waals surface area contributed by atoms with Gasteiger partial charge in [0.2, 0.25) is 5.96 Å². The molecule has 0 radical (unpaired) electrons. The van der Waals surface area contributed by atoms with Crippen molar-refractivity contribution in [2.24, 2.45) is 21.7 Å². The first-order valence-electron chi connectivity index (χ1n) is 7.44. The third-order valence-corrected chi connectivity index (χ3v) is 4.25. The van der Waals surface area contributed by atoms with Gasteiger partial charge in [-0.05, 0) is 49.3 Å². The maximum atomic E-state index is 5.43. The highest BCUT2D eigenvalue weighted by atomic mass is 35.5. The highest BCUT2D eigenvalue weighted by Gasteiger charge is 2.28. The minimum absolute atomic E-state index is 0. The van der Waals surface area contributed by atoms with Crippen molar-refractivity contribution in [2.75, 3.05) is 0 Å². The van der Waals surface area contributed by atoms with E-state index in [1.165, 1.54) is 22.4 Å². The summed E-state index contributed by atoms with van der Waals surface area (Å²) in [6.07, 6.45) is 3.85. The fourth-order valence-corrected chi connectivity index (χ4v) is 3.27. The summed E-state index contributed by atoms with van der Waals surface area (Å²) in [5.41, 5.74) is 18.0. The van der Waals surface area contributed by atoms with Gasteiger partial charge in [-0.1, -0.05) is 24.3 Å². The number of nitrogens with zero attached hydrogens (tertiary/aromatic N) is 2. The van der Waals surface area contributed by atoms with Crippen LogP contribution in [0.5, 0.6) is 0 Å². The smallest absolute Gasteiger partial charge is 0.211 e. The molecule has 1 aliphatic carbocycles. The molecule has 130 valence electrons. The van der Waals surface area contributed by atoms with Gasteiger partial charge in [-0.25, -0.2) is 0 Å². The van der Waals surface area contributed by atoms with Crippen LogP contribution in [0.15, 0.2) is 40.7 Å². The fraction of sp³-hybridized carbons (Fsp3) is 0.294. The van der Waals surface area contributed by atoms with Gasteiger partial charge >= 0.3 is 0 Å². The molecule has 1 atom stereocenters. The number of aromatic amines is 1. The Morgan fingerprint density at radius 1 is 1.08 bits per heavy atom. The summed E-state index contributed by atoms with van der Waals surface area (Å²) in [4.78, 5) is 3.37. The summed E-state index contributed by atoms with van der Waals surface area (Å²) in [6.45, 7) is 4.23. The highest BCUT2D eigenvalue weighted by Crippen LogP contribution is 2.35. The van der Waals surface area contributed by atoms with Gasteiger partial charge in [0.05, 0.1) is 5.71 Å². The van der Waals surface area contributed by atoms with E-state index in [0.717, 1.165) is 24.1 Å². The maximum Gasteiger partial charge on any atom is 0.211 e. The molecule has 0 fully saturated rings. The number of aromatic nitrogens is 1. The van der Waals surface area contributed by atoms with Crippen molar-refractivity contribution < 1.29 is 0 Å². The molecule has 1 heterocycles. The molecule has 0 spiro atoms. The van der Waals surface area contributed by atoms with E-state index < -0.39 is 0 Å². The summed E-state index contributed by atoms with van der Waals surface area (Å²) in [6, 6.07) is 8.50. The van der Waals surface area contributed by atoms with E-state index in [1.807, 2.05) is 6.20 Å². The lowest BCUT2D eigenvalue weighted by Gasteiger charge is -2.25. The first kappa shape index (κ1) is 20.1. The monoisotopic (exact) mass is 367 g/mol. The van der Waals surface area contributed by atoms with Crippen LogP contribution in [-0.4, -0.2) is 16.7 Å².